The number of hydrogen-bond donors (Lipinski definition) is 1. The largest absolute Gasteiger partial charge is 0.354 e. The molecule has 1 aliphatic carbocycles. The second kappa shape index (κ2) is 5.59. The van der Waals surface area contributed by atoms with Crippen molar-refractivity contribution in [3.05, 3.63) is 0 Å². The van der Waals surface area contributed by atoms with Crippen LogP contribution in [0, 0.1) is 11.8 Å². The van der Waals surface area contributed by atoms with Crippen molar-refractivity contribution in [2.75, 3.05) is 19.6 Å². The van der Waals surface area contributed by atoms with Crippen molar-refractivity contribution in [2.45, 2.75) is 58.2 Å². The van der Waals surface area contributed by atoms with Gasteiger partial charge in [-0.05, 0) is 44.9 Å². The molecule has 0 unspecified atom stereocenters. The molecule has 118 valence electrons. The standard InChI is InChI=1S/C16H27N3O2/c1-10(2)19-14(16(21)17-7-12-4-5-12)6-13-8-18(11(3)20)9-15(13)19/h10,12-15H,4-9H2,1-3H3,(H,17,21)/t13-,14-,15+/m0/s1. The maximum Gasteiger partial charge on any atom is 0.237 e. The van der Waals surface area contributed by atoms with Crippen LogP contribution >= 0.6 is 0 Å². The second-order valence-electron chi connectivity index (χ2n) is 7.23. The van der Waals surface area contributed by atoms with Gasteiger partial charge in [-0.2, -0.15) is 0 Å². The minimum atomic E-state index is -0.00661. The molecule has 2 aliphatic heterocycles. The first-order valence-electron chi connectivity index (χ1n) is 8.28. The molecule has 1 saturated carbocycles. The Morgan fingerprint density at radius 2 is 1.95 bits per heavy atom. The van der Waals surface area contributed by atoms with Crippen molar-refractivity contribution >= 4 is 11.8 Å². The monoisotopic (exact) mass is 293 g/mol. The number of carbonyl (C=O) groups excluding carboxylic acids is 2. The lowest BCUT2D eigenvalue weighted by Gasteiger charge is -2.33. The van der Waals surface area contributed by atoms with Gasteiger partial charge < -0.3 is 10.2 Å². The van der Waals surface area contributed by atoms with Crippen molar-refractivity contribution in [1.82, 2.24) is 15.1 Å². The van der Waals surface area contributed by atoms with Crippen molar-refractivity contribution in [1.29, 1.82) is 0 Å². The van der Waals surface area contributed by atoms with Crippen molar-refractivity contribution in [3.63, 3.8) is 0 Å². The summed E-state index contributed by atoms with van der Waals surface area (Å²) in [6, 6.07) is 0.682. The number of rotatable bonds is 4. The van der Waals surface area contributed by atoms with Gasteiger partial charge in [0.2, 0.25) is 11.8 Å². The van der Waals surface area contributed by atoms with Gasteiger partial charge in [0.05, 0.1) is 6.04 Å². The molecule has 21 heavy (non-hydrogen) atoms. The number of amides is 2. The molecule has 5 nitrogen and oxygen atoms in total. The Morgan fingerprint density at radius 3 is 2.52 bits per heavy atom. The average molecular weight is 293 g/mol. The van der Waals surface area contributed by atoms with Crippen LogP contribution < -0.4 is 5.32 Å². The van der Waals surface area contributed by atoms with Crippen LogP contribution in [0.2, 0.25) is 0 Å². The summed E-state index contributed by atoms with van der Waals surface area (Å²) in [7, 11) is 0. The quantitative estimate of drug-likeness (QED) is 0.836. The normalized spacial score (nSPS) is 32.6. The molecule has 0 aromatic carbocycles. The Kier molecular flexibility index (Phi) is 3.95. The summed E-state index contributed by atoms with van der Waals surface area (Å²) in [6.45, 7) is 8.39. The molecule has 0 radical (unpaired) electrons. The molecule has 2 saturated heterocycles. The van der Waals surface area contributed by atoms with Crippen LogP contribution in [0.3, 0.4) is 0 Å². The first-order valence-corrected chi connectivity index (χ1v) is 8.28. The molecular formula is C16H27N3O2. The number of nitrogens with one attached hydrogen (secondary N) is 1. The van der Waals surface area contributed by atoms with E-state index in [0.29, 0.717) is 18.0 Å². The first kappa shape index (κ1) is 14.8. The second-order valence-corrected chi connectivity index (χ2v) is 7.23. The summed E-state index contributed by atoms with van der Waals surface area (Å²) >= 11 is 0. The molecule has 1 N–H and O–H groups in total. The molecule has 3 fully saturated rings. The molecule has 0 spiro atoms. The number of fused-ring (bicyclic) bond motifs is 1. The van der Waals surface area contributed by atoms with Gasteiger partial charge >= 0.3 is 0 Å². The van der Waals surface area contributed by atoms with Crippen LogP contribution in [0.4, 0.5) is 0 Å². The van der Waals surface area contributed by atoms with Gasteiger partial charge in [0.15, 0.2) is 0 Å². The smallest absolute Gasteiger partial charge is 0.237 e. The molecule has 0 aromatic rings. The van der Waals surface area contributed by atoms with Gasteiger partial charge in [-0.25, -0.2) is 0 Å². The van der Waals surface area contributed by atoms with Gasteiger partial charge in [0.1, 0.15) is 0 Å². The molecule has 5 heteroatoms. The molecule has 3 rings (SSSR count). The minimum Gasteiger partial charge on any atom is -0.354 e. The van der Waals surface area contributed by atoms with Crippen LogP contribution in [0.15, 0.2) is 0 Å². The highest BCUT2D eigenvalue weighted by Gasteiger charge is 2.50. The van der Waals surface area contributed by atoms with E-state index >= 15 is 0 Å². The number of hydrogen-bond acceptors (Lipinski definition) is 3. The van der Waals surface area contributed by atoms with Gasteiger partial charge in [0.25, 0.3) is 0 Å². The highest BCUT2D eigenvalue weighted by atomic mass is 16.2. The van der Waals surface area contributed by atoms with Crippen LogP contribution in [0.1, 0.15) is 40.0 Å². The summed E-state index contributed by atoms with van der Waals surface area (Å²) in [4.78, 5) is 28.4. The maximum absolute atomic E-state index is 12.5. The third kappa shape index (κ3) is 2.93. The van der Waals surface area contributed by atoms with Crippen LogP contribution in [0.25, 0.3) is 0 Å². The molecule has 2 heterocycles. The topological polar surface area (TPSA) is 52.7 Å². The van der Waals surface area contributed by atoms with E-state index in [0.717, 1.165) is 32.0 Å². The van der Waals surface area contributed by atoms with E-state index in [4.69, 9.17) is 0 Å². The van der Waals surface area contributed by atoms with E-state index in [-0.39, 0.29) is 17.9 Å². The van der Waals surface area contributed by atoms with Gasteiger partial charge in [-0.1, -0.05) is 0 Å². The summed E-state index contributed by atoms with van der Waals surface area (Å²) in [6.07, 6.45) is 3.42. The fraction of sp³-hybridized carbons (Fsp3) is 0.875. The van der Waals surface area contributed by atoms with Gasteiger partial charge in [-0.3, -0.25) is 14.5 Å². The minimum absolute atomic E-state index is 0.00661. The van der Waals surface area contributed by atoms with E-state index in [1.54, 1.807) is 6.92 Å². The molecule has 0 aromatic heterocycles. The molecule has 3 atom stereocenters. The first-order chi connectivity index (χ1) is 9.97. The third-order valence-electron chi connectivity index (χ3n) is 5.28. The third-order valence-corrected chi connectivity index (χ3v) is 5.28. The van der Waals surface area contributed by atoms with Crippen LogP contribution in [-0.2, 0) is 9.59 Å². The summed E-state index contributed by atoms with van der Waals surface area (Å²) in [5, 5.41) is 3.13. The molecule has 3 aliphatic rings. The van der Waals surface area contributed by atoms with E-state index in [2.05, 4.69) is 24.1 Å². The Labute approximate surface area is 127 Å². The van der Waals surface area contributed by atoms with Crippen LogP contribution in [-0.4, -0.2) is 59.4 Å². The Balaban J connectivity index is 1.65. The average Bonchev–Trinajstić information content (AvgIpc) is 3.02. The zero-order valence-corrected chi connectivity index (χ0v) is 13.3. The zero-order chi connectivity index (χ0) is 15.1. The lowest BCUT2D eigenvalue weighted by molar-refractivity contribution is -0.129. The molecular weight excluding hydrogens is 266 g/mol. The molecule has 2 amide bonds. The number of likely N-dealkylation sites (tertiary alicyclic amines) is 2. The van der Waals surface area contributed by atoms with Gasteiger partial charge in [0, 0.05) is 38.6 Å². The van der Waals surface area contributed by atoms with Crippen molar-refractivity contribution < 1.29 is 9.59 Å². The lowest BCUT2D eigenvalue weighted by Crippen LogP contribution is -2.51. The Morgan fingerprint density at radius 1 is 1.24 bits per heavy atom. The fourth-order valence-corrected chi connectivity index (χ4v) is 3.99. The van der Waals surface area contributed by atoms with E-state index in [1.165, 1.54) is 12.8 Å². The van der Waals surface area contributed by atoms with Gasteiger partial charge in [-0.15, -0.1) is 0 Å². The van der Waals surface area contributed by atoms with E-state index < -0.39 is 0 Å². The van der Waals surface area contributed by atoms with Crippen LogP contribution in [0.5, 0.6) is 0 Å². The SMILES string of the molecule is CC(=O)N1C[C@@H]2C[C@@H](C(=O)NCC3CC3)N(C(C)C)[C@@H]2C1. The molecule has 0 bridgehead atoms. The Hall–Kier alpha value is -1.10. The predicted octanol–water partition coefficient (Wildman–Crippen LogP) is 0.842. The highest BCUT2D eigenvalue weighted by molar-refractivity contribution is 5.82. The predicted molar refractivity (Wildman–Crippen MR) is 80.6 cm³/mol. The maximum atomic E-state index is 12.5. The fourth-order valence-electron chi connectivity index (χ4n) is 3.99. The highest BCUT2D eigenvalue weighted by Crippen LogP contribution is 2.37. The summed E-state index contributed by atoms with van der Waals surface area (Å²) < 4.78 is 0. The lowest BCUT2D eigenvalue weighted by atomic mass is 10.0. The van der Waals surface area contributed by atoms with Crippen molar-refractivity contribution in [3.8, 4) is 0 Å². The van der Waals surface area contributed by atoms with E-state index in [1.807, 2.05) is 4.90 Å². The van der Waals surface area contributed by atoms with E-state index in [9.17, 15) is 9.59 Å². The summed E-state index contributed by atoms with van der Waals surface area (Å²) in [5.74, 6) is 1.52. The Bertz CT molecular complexity index is 433. The zero-order valence-electron chi connectivity index (χ0n) is 13.3. The number of nitrogens with zero attached hydrogens (tertiary/aromatic N) is 2. The van der Waals surface area contributed by atoms with Crippen molar-refractivity contribution in [2.24, 2.45) is 11.8 Å². The number of carbonyl (C=O) groups is 2. The summed E-state index contributed by atoms with van der Waals surface area (Å²) in [5.41, 5.74) is 0.